The van der Waals surface area contributed by atoms with E-state index in [1.54, 1.807) is 24.3 Å². The first kappa shape index (κ1) is 19.5. The first-order chi connectivity index (χ1) is 14.7. The van der Waals surface area contributed by atoms with Crippen LogP contribution in [-0.4, -0.2) is 5.78 Å². The van der Waals surface area contributed by atoms with E-state index < -0.39 is 0 Å². The summed E-state index contributed by atoms with van der Waals surface area (Å²) in [5, 5.41) is 0. The molecule has 0 saturated heterocycles. The van der Waals surface area contributed by atoms with Crippen LogP contribution in [0.2, 0.25) is 0 Å². The van der Waals surface area contributed by atoms with Gasteiger partial charge in [0.1, 0.15) is 23.9 Å². The van der Waals surface area contributed by atoms with Crippen molar-refractivity contribution in [3.05, 3.63) is 125 Å². The second-order valence-corrected chi connectivity index (χ2v) is 7.07. The average molecular weight is 394 g/mol. The molecule has 0 heterocycles. The van der Waals surface area contributed by atoms with Gasteiger partial charge < -0.3 is 9.47 Å². The Hall–Kier alpha value is -3.85. The van der Waals surface area contributed by atoms with Gasteiger partial charge in [-0.2, -0.15) is 0 Å². The number of hydrogen-bond acceptors (Lipinski definition) is 3. The van der Waals surface area contributed by atoms with E-state index in [1.165, 1.54) is 0 Å². The van der Waals surface area contributed by atoms with Gasteiger partial charge >= 0.3 is 0 Å². The van der Waals surface area contributed by atoms with E-state index in [-0.39, 0.29) is 5.78 Å². The summed E-state index contributed by atoms with van der Waals surface area (Å²) in [7, 11) is 0. The van der Waals surface area contributed by atoms with Crippen molar-refractivity contribution in [2.24, 2.45) is 0 Å². The highest BCUT2D eigenvalue weighted by molar-refractivity contribution is 6.09. The Bertz CT molecular complexity index is 1100. The molecule has 3 nitrogen and oxygen atoms in total. The zero-order valence-corrected chi connectivity index (χ0v) is 16.7. The molecule has 0 amide bonds. The molecule has 4 rings (SSSR count). The van der Waals surface area contributed by atoms with Crippen LogP contribution < -0.4 is 9.47 Å². The van der Waals surface area contributed by atoms with E-state index in [0.29, 0.717) is 29.2 Å². The molecule has 0 bridgehead atoms. The van der Waals surface area contributed by atoms with Gasteiger partial charge in [0.05, 0.1) is 0 Å². The van der Waals surface area contributed by atoms with Crippen molar-refractivity contribution >= 4 is 5.78 Å². The van der Waals surface area contributed by atoms with Crippen LogP contribution in [0.4, 0.5) is 0 Å². The van der Waals surface area contributed by atoms with Crippen molar-refractivity contribution < 1.29 is 14.3 Å². The van der Waals surface area contributed by atoms with Crippen molar-refractivity contribution in [1.29, 1.82) is 0 Å². The van der Waals surface area contributed by atoms with Crippen LogP contribution in [0.5, 0.6) is 17.2 Å². The molecule has 30 heavy (non-hydrogen) atoms. The maximum Gasteiger partial charge on any atom is 0.193 e. The molecule has 4 aromatic carbocycles. The van der Waals surface area contributed by atoms with Gasteiger partial charge in [0, 0.05) is 11.1 Å². The molecular formula is C27H22O3. The summed E-state index contributed by atoms with van der Waals surface area (Å²) in [4.78, 5) is 12.6. The summed E-state index contributed by atoms with van der Waals surface area (Å²) < 4.78 is 11.7. The molecular weight excluding hydrogens is 372 g/mol. The minimum Gasteiger partial charge on any atom is -0.489 e. The predicted octanol–water partition coefficient (Wildman–Crippen LogP) is 6.60. The van der Waals surface area contributed by atoms with Crippen LogP contribution in [-0.2, 0) is 6.61 Å². The lowest BCUT2D eigenvalue weighted by Crippen LogP contribution is -2.00. The molecule has 0 saturated carbocycles. The third-order valence-corrected chi connectivity index (χ3v) is 4.74. The van der Waals surface area contributed by atoms with E-state index in [2.05, 4.69) is 0 Å². The first-order valence-electron chi connectivity index (χ1n) is 9.83. The van der Waals surface area contributed by atoms with Crippen molar-refractivity contribution in [1.82, 2.24) is 0 Å². The lowest BCUT2D eigenvalue weighted by Gasteiger charge is -2.09. The lowest BCUT2D eigenvalue weighted by molar-refractivity contribution is 0.103. The molecule has 0 radical (unpaired) electrons. The Morgan fingerprint density at radius 2 is 1.13 bits per heavy atom. The lowest BCUT2D eigenvalue weighted by atomic mass is 10.0. The number of ketones is 1. The zero-order chi connectivity index (χ0) is 20.8. The number of hydrogen-bond donors (Lipinski definition) is 0. The van der Waals surface area contributed by atoms with Gasteiger partial charge in [-0.1, -0.05) is 60.2 Å². The third-order valence-electron chi connectivity index (χ3n) is 4.74. The fraction of sp³-hybridized carbons (Fsp3) is 0.0741. The Morgan fingerprint density at radius 1 is 0.633 bits per heavy atom. The number of aryl methyl sites for hydroxylation is 1. The molecule has 0 fully saturated rings. The normalized spacial score (nSPS) is 10.4. The molecule has 0 aliphatic carbocycles. The largest absolute Gasteiger partial charge is 0.489 e. The minimum absolute atomic E-state index is 0.00136. The fourth-order valence-electron chi connectivity index (χ4n) is 3.03. The smallest absolute Gasteiger partial charge is 0.193 e. The van der Waals surface area contributed by atoms with Gasteiger partial charge in [-0.3, -0.25) is 4.79 Å². The Morgan fingerprint density at radius 3 is 1.73 bits per heavy atom. The number of carbonyl (C=O) groups excluding carboxylic acids is 1. The molecule has 0 atom stereocenters. The molecule has 0 spiro atoms. The van der Waals surface area contributed by atoms with Crippen molar-refractivity contribution in [3.63, 3.8) is 0 Å². The monoisotopic (exact) mass is 394 g/mol. The zero-order valence-electron chi connectivity index (χ0n) is 16.7. The highest BCUT2D eigenvalue weighted by Gasteiger charge is 2.09. The average Bonchev–Trinajstić information content (AvgIpc) is 2.80. The number of carbonyl (C=O) groups is 1. The van der Waals surface area contributed by atoms with Gasteiger partial charge in [0.2, 0.25) is 0 Å². The van der Waals surface area contributed by atoms with E-state index in [1.807, 2.05) is 85.8 Å². The van der Waals surface area contributed by atoms with Crippen LogP contribution in [0.1, 0.15) is 27.0 Å². The van der Waals surface area contributed by atoms with E-state index in [9.17, 15) is 4.79 Å². The fourth-order valence-corrected chi connectivity index (χ4v) is 3.03. The van der Waals surface area contributed by atoms with Gasteiger partial charge in [0.25, 0.3) is 0 Å². The van der Waals surface area contributed by atoms with Gasteiger partial charge in [-0.25, -0.2) is 0 Å². The molecule has 0 N–H and O–H groups in total. The number of rotatable bonds is 7. The van der Waals surface area contributed by atoms with Crippen molar-refractivity contribution in [2.45, 2.75) is 13.5 Å². The Balaban J connectivity index is 1.36. The maximum atomic E-state index is 12.6. The Labute approximate surface area is 176 Å². The SMILES string of the molecule is Cc1ccc(C(=O)c2ccc(Oc3ccc(OCc4ccccc4)cc3)cc2)cc1. The Kier molecular flexibility index (Phi) is 5.90. The van der Waals surface area contributed by atoms with Crippen LogP contribution in [0.15, 0.2) is 103 Å². The van der Waals surface area contributed by atoms with Gasteiger partial charge in [0.15, 0.2) is 5.78 Å². The minimum atomic E-state index is 0.00136. The van der Waals surface area contributed by atoms with Gasteiger partial charge in [-0.05, 0) is 61.0 Å². The number of ether oxygens (including phenoxy) is 2. The summed E-state index contributed by atoms with van der Waals surface area (Å²) in [6.45, 7) is 2.53. The molecule has 0 aliphatic heterocycles. The predicted molar refractivity (Wildman–Crippen MR) is 118 cm³/mol. The highest BCUT2D eigenvalue weighted by Crippen LogP contribution is 2.25. The summed E-state index contributed by atoms with van der Waals surface area (Å²) >= 11 is 0. The maximum absolute atomic E-state index is 12.6. The van der Waals surface area contributed by atoms with Crippen LogP contribution in [0.25, 0.3) is 0 Å². The van der Waals surface area contributed by atoms with Crippen LogP contribution in [0, 0.1) is 6.92 Å². The van der Waals surface area contributed by atoms with Crippen LogP contribution >= 0.6 is 0 Å². The summed E-state index contributed by atoms with van der Waals surface area (Å²) in [6, 6.07) is 32.3. The highest BCUT2D eigenvalue weighted by atomic mass is 16.5. The molecule has 0 unspecified atom stereocenters. The van der Waals surface area contributed by atoms with Gasteiger partial charge in [-0.15, -0.1) is 0 Å². The summed E-state index contributed by atoms with van der Waals surface area (Å²) in [5.74, 6) is 2.17. The second-order valence-electron chi connectivity index (χ2n) is 7.07. The quantitative estimate of drug-likeness (QED) is 0.331. The number of benzene rings is 4. The van der Waals surface area contributed by atoms with E-state index in [0.717, 1.165) is 16.9 Å². The van der Waals surface area contributed by atoms with Crippen molar-refractivity contribution in [3.8, 4) is 17.2 Å². The molecule has 0 aliphatic rings. The third kappa shape index (κ3) is 4.95. The van der Waals surface area contributed by atoms with E-state index >= 15 is 0 Å². The standard InChI is InChI=1S/C27H22O3/c1-20-7-9-22(10-8-20)27(28)23-11-13-25(14-12-23)30-26-17-15-24(16-18-26)29-19-21-5-3-2-4-6-21/h2-18H,19H2,1H3. The molecule has 0 aromatic heterocycles. The van der Waals surface area contributed by atoms with Crippen LogP contribution in [0.3, 0.4) is 0 Å². The first-order valence-corrected chi connectivity index (χ1v) is 9.83. The molecule has 148 valence electrons. The topological polar surface area (TPSA) is 35.5 Å². The molecule has 3 heteroatoms. The van der Waals surface area contributed by atoms with Crippen molar-refractivity contribution in [2.75, 3.05) is 0 Å². The summed E-state index contributed by atoms with van der Waals surface area (Å²) in [6.07, 6.45) is 0. The second kappa shape index (κ2) is 9.10. The van der Waals surface area contributed by atoms with E-state index in [4.69, 9.17) is 9.47 Å². The summed E-state index contributed by atoms with van der Waals surface area (Å²) in [5.41, 5.74) is 3.57. The molecule has 4 aromatic rings.